The second kappa shape index (κ2) is 5.28. The minimum absolute atomic E-state index is 0.445. The molecule has 4 nitrogen and oxygen atoms in total. The van der Waals surface area contributed by atoms with Gasteiger partial charge in [-0.1, -0.05) is 6.92 Å². The average molecular weight is 209 g/mol. The molecule has 1 aliphatic rings. The molecule has 1 aromatic heterocycles. The van der Waals surface area contributed by atoms with Gasteiger partial charge in [0.15, 0.2) is 0 Å². The molecule has 0 aliphatic carbocycles. The maximum atomic E-state index is 5.64. The Bertz CT molecular complexity index is 273. The van der Waals surface area contributed by atoms with Crippen molar-refractivity contribution in [3.63, 3.8) is 0 Å². The fraction of sp³-hybridized carbons (Fsp3) is 0.727. The topological polar surface area (TPSA) is 49.9 Å². The number of aromatic amines is 1. The van der Waals surface area contributed by atoms with E-state index in [9.17, 15) is 0 Å². The van der Waals surface area contributed by atoms with Gasteiger partial charge in [-0.15, -0.1) is 0 Å². The van der Waals surface area contributed by atoms with Gasteiger partial charge in [-0.25, -0.2) is 0 Å². The molecule has 2 N–H and O–H groups in total. The molecule has 2 atom stereocenters. The monoisotopic (exact) mass is 209 g/mol. The van der Waals surface area contributed by atoms with E-state index in [-0.39, 0.29) is 0 Å². The zero-order chi connectivity index (χ0) is 10.5. The number of hydrogen-bond donors (Lipinski definition) is 2. The van der Waals surface area contributed by atoms with Gasteiger partial charge in [0.1, 0.15) is 0 Å². The lowest BCUT2D eigenvalue weighted by Gasteiger charge is -2.29. The van der Waals surface area contributed by atoms with Gasteiger partial charge < -0.3 is 10.1 Å². The molecular weight excluding hydrogens is 190 g/mol. The van der Waals surface area contributed by atoms with Crippen LogP contribution >= 0.6 is 0 Å². The highest BCUT2D eigenvalue weighted by Crippen LogP contribution is 2.16. The van der Waals surface area contributed by atoms with E-state index in [0.717, 1.165) is 32.4 Å². The fourth-order valence-corrected chi connectivity index (χ4v) is 1.99. The summed E-state index contributed by atoms with van der Waals surface area (Å²) in [6.07, 6.45) is 7.61. The molecule has 1 saturated heterocycles. The third-order valence-corrected chi connectivity index (χ3v) is 2.97. The van der Waals surface area contributed by atoms with Crippen molar-refractivity contribution < 1.29 is 4.74 Å². The van der Waals surface area contributed by atoms with Gasteiger partial charge >= 0.3 is 0 Å². The van der Waals surface area contributed by atoms with Crippen LogP contribution in [0.4, 0.5) is 0 Å². The molecule has 0 bridgehead atoms. The molecule has 1 fully saturated rings. The number of nitrogens with one attached hydrogen (secondary N) is 2. The Morgan fingerprint density at radius 1 is 1.67 bits per heavy atom. The molecule has 0 spiro atoms. The molecule has 0 aromatic carbocycles. The number of rotatable bonds is 4. The third-order valence-electron chi connectivity index (χ3n) is 2.97. The predicted octanol–water partition coefficient (Wildman–Crippen LogP) is 1.46. The normalized spacial score (nSPS) is 26.7. The molecule has 4 heteroatoms. The number of H-pyrrole nitrogens is 1. The summed E-state index contributed by atoms with van der Waals surface area (Å²) in [4.78, 5) is 0. The Kier molecular flexibility index (Phi) is 3.75. The Labute approximate surface area is 90.4 Å². The molecule has 0 amide bonds. The van der Waals surface area contributed by atoms with E-state index < -0.39 is 0 Å². The summed E-state index contributed by atoms with van der Waals surface area (Å²) in [6.45, 7) is 3.97. The van der Waals surface area contributed by atoms with Crippen LogP contribution in [0.2, 0.25) is 0 Å². The summed E-state index contributed by atoms with van der Waals surface area (Å²) >= 11 is 0. The predicted molar refractivity (Wildman–Crippen MR) is 58.5 cm³/mol. The molecule has 2 heterocycles. The van der Waals surface area contributed by atoms with E-state index in [1.165, 1.54) is 5.56 Å². The van der Waals surface area contributed by atoms with Crippen LogP contribution in [-0.4, -0.2) is 29.0 Å². The van der Waals surface area contributed by atoms with E-state index in [4.69, 9.17) is 4.74 Å². The molecule has 2 rings (SSSR count). The quantitative estimate of drug-likeness (QED) is 0.789. The van der Waals surface area contributed by atoms with Gasteiger partial charge in [0.25, 0.3) is 0 Å². The highest BCUT2D eigenvalue weighted by molar-refractivity contribution is 5.01. The molecular formula is C11H19N3O. The van der Waals surface area contributed by atoms with Crippen LogP contribution in [0, 0.1) is 0 Å². The summed E-state index contributed by atoms with van der Waals surface area (Å²) in [5, 5.41) is 10.3. The lowest BCUT2D eigenvalue weighted by molar-refractivity contribution is -0.000317. The Morgan fingerprint density at radius 3 is 3.33 bits per heavy atom. The van der Waals surface area contributed by atoms with Crippen LogP contribution in [0.5, 0.6) is 0 Å². The van der Waals surface area contributed by atoms with Crippen molar-refractivity contribution in [1.82, 2.24) is 15.5 Å². The van der Waals surface area contributed by atoms with E-state index in [0.29, 0.717) is 12.1 Å². The van der Waals surface area contributed by atoms with Gasteiger partial charge in [0, 0.05) is 31.0 Å². The summed E-state index contributed by atoms with van der Waals surface area (Å²) < 4.78 is 5.64. The minimum atomic E-state index is 0.445. The van der Waals surface area contributed by atoms with Crippen molar-refractivity contribution in [3.8, 4) is 0 Å². The molecule has 0 radical (unpaired) electrons. The van der Waals surface area contributed by atoms with Crippen molar-refractivity contribution >= 4 is 0 Å². The Morgan fingerprint density at radius 2 is 2.60 bits per heavy atom. The molecule has 1 aliphatic heterocycles. The fourth-order valence-electron chi connectivity index (χ4n) is 1.99. The Hall–Kier alpha value is -0.870. The number of aromatic nitrogens is 2. The molecule has 84 valence electrons. The summed E-state index contributed by atoms with van der Waals surface area (Å²) in [5.41, 5.74) is 1.22. The maximum Gasteiger partial charge on any atom is 0.0587 e. The highest BCUT2D eigenvalue weighted by Gasteiger charge is 2.20. The first-order valence-electron chi connectivity index (χ1n) is 5.71. The van der Waals surface area contributed by atoms with E-state index >= 15 is 0 Å². The first-order chi connectivity index (χ1) is 7.38. The average Bonchev–Trinajstić information content (AvgIpc) is 2.79. The highest BCUT2D eigenvalue weighted by atomic mass is 16.5. The van der Waals surface area contributed by atoms with E-state index in [1.807, 2.05) is 12.4 Å². The van der Waals surface area contributed by atoms with Crippen molar-refractivity contribution in [3.05, 3.63) is 18.0 Å². The van der Waals surface area contributed by atoms with Crippen molar-refractivity contribution in [2.75, 3.05) is 6.61 Å². The summed E-state index contributed by atoms with van der Waals surface area (Å²) in [7, 11) is 0. The van der Waals surface area contributed by atoms with Crippen LogP contribution < -0.4 is 5.32 Å². The number of nitrogens with zero attached hydrogens (tertiary/aromatic N) is 1. The van der Waals surface area contributed by atoms with Crippen LogP contribution in [0.1, 0.15) is 31.7 Å². The van der Waals surface area contributed by atoms with Crippen LogP contribution in [-0.2, 0) is 11.3 Å². The smallest absolute Gasteiger partial charge is 0.0587 e. The van der Waals surface area contributed by atoms with Gasteiger partial charge in [-0.3, -0.25) is 5.10 Å². The molecule has 2 unspecified atom stereocenters. The van der Waals surface area contributed by atoms with Gasteiger partial charge in [0.2, 0.25) is 0 Å². The first kappa shape index (κ1) is 10.6. The summed E-state index contributed by atoms with van der Waals surface area (Å²) in [6, 6.07) is 0.596. The zero-order valence-electron chi connectivity index (χ0n) is 9.20. The second-order valence-corrected chi connectivity index (χ2v) is 4.11. The van der Waals surface area contributed by atoms with Gasteiger partial charge in [-0.05, 0) is 19.3 Å². The van der Waals surface area contributed by atoms with E-state index in [1.54, 1.807) is 0 Å². The molecule has 0 saturated carbocycles. The first-order valence-corrected chi connectivity index (χ1v) is 5.71. The van der Waals surface area contributed by atoms with Crippen molar-refractivity contribution in [1.29, 1.82) is 0 Å². The van der Waals surface area contributed by atoms with E-state index in [2.05, 4.69) is 22.4 Å². The third kappa shape index (κ3) is 3.04. The summed E-state index contributed by atoms with van der Waals surface area (Å²) in [5.74, 6) is 0. The lowest BCUT2D eigenvalue weighted by Crippen LogP contribution is -2.38. The maximum absolute atomic E-state index is 5.64. The second-order valence-electron chi connectivity index (χ2n) is 4.11. The van der Waals surface area contributed by atoms with Crippen LogP contribution in [0.3, 0.4) is 0 Å². The van der Waals surface area contributed by atoms with Crippen molar-refractivity contribution in [2.24, 2.45) is 0 Å². The molecule has 1 aromatic rings. The van der Waals surface area contributed by atoms with Gasteiger partial charge in [0.05, 0.1) is 12.3 Å². The number of hydrogen-bond acceptors (Lipinski definition) is 3. The Balaban J connectivity index is 1.74. The van der Waals surface area contributed by atoms with Gasteiger partial charge in [-0.2, -0.15) is 5.10 Å². The van der Waals surface area contributed by atoms with Crippen molar-refractivity contribution in [2.45, 2.75) is 44.9 Å². The SMILES string of the molecule is CCC1CC(NCc2cn[nH]c2)CCO1. The van der Waals surface area contributed by atoms with Crippen LogP contribution in [0.25, 0.3) is 0 Å². The largest absolute Gasteiger partial charge is 0.378 e. The lowest BCUT2D eigenvalue weighted by atomic mass is 10.0. The standard InChI is InChI=1S/C11H19N3O/c1-2-11-5-10(3-4-15-11)12-6-9-7-13-14-8-9/h7-8,10-12H,2-6H2,1H3,(H,13,14). The number of ether oxygens (including phenoxy) is 1. The minimum Gasteiger partial charge on any atom is -0.378 e. The van der Waals surface area contributed by atoms with Crippen LogP contribution in [0.15, 0.2) is 12.4 Å². The molecule has 15 heavy (non-hydrogen) atoms. The zero-order valence-corrected chi connectivity index (χ0v) is 9.20.